The van der Waals surface area contributed by atoms with Gasteiger partial charge in [0.1, 0.15) is 13.2 Å². The van der Waals surface area contributed by atoms with Crippen molar-refractivity contribution in [2.45, 2.75) is 393 Å². The van der Waals surface area contributed by atoms with E-state index in [2.05, 4.69) is 45.1 Å². The van der Waals surface area contributed by atoms with Crippen LogP contribution < -0.4 is 0 Å². The zero-order chi connectivity index (χ0) is 55.0. The van der Waals surface area contributed by atoms with E-state index in [1.165, 1.54) is 283 Å². The lowest BCUT2D eigenvalue weighted by molar-refractivity contribution is -0.167. The fraction of sp³-hybridized carbons (Fsp3) is 0.900. The van der Waals surface area contributed by atoms with E-state index in [-0.39, 0.29) is 31.1 Å². The van der Waals surface area contributed by atoms with E-state index in [0.29, 0.717) is 19.3 Å². The quantitative estimate of drug-likeness (QED) is 0.0261. The summed E-state index contributed by atoms with van der Waals surface area (Å²) in [5.74, 6) is -0.856. The minimum Gasteiger partial charge on any atom is -0.462 e. The van der Waals surface area contributed by atoms with Gasteiger partial charge in [-0.15, -0.1) is 0 Å². The molecule has 448 valence electrons. The van der Waals surface area contributed by atoms with Crippen LogP contribution in [-0.2, 0) is 28.6 Å². The van der Waals surface area contributed by atoms with Crippen LogP contribution >= 0.6 is 0 Å². The smallest absolute Gasteiger partial charge is 0.306 e. The molecule has 6 heteroatoms. The number of esters is 3. The Morgan fingerprint density at radius 2 is 0.434 bits per heavy atom. The van der Waals surface area contributed by atoms with Gasteiger partial charge in [0.05, 0.1) is 0 Å². The third-order valence-corrected chi connectivity index (χ3v) is 15.7. The number of unbranched alkanes of at least 4 members (excludes halogenated alkanes) is 49. The summed E-state index contributed by atoms with van der Waals surface area (Å²) < 4.78 is 17.0. The van der Waals surface area contributed by atoms with Crippen molar-refractivity contribution in [3.05, 3.63) is 24.3 Å². The highest BCUT2D eigenvalue weighted by atomic mass is 16.6. The Morgan fingerprint density at radius 1 is 0.250 bits per heavy atom. The van der Waals surface area contributed by atoms with Crippen LogP contribution in [0.5, 0.6) is 0 Å². The van der Waals surface area contributed by atoms with Crippen molar-refractivity contribution in [3.8, 4) is 0 Å². The van der Waals surface area contributed by atoms with Crippen molar-refractivity contribution < 1.29 is 28.6 Å². The number of rotatable bonds is 64. The number of allylic oxidation sites excluding steroid dienone is 4. The van der Waals surface area contributed by atoms with E-state index in [1.807, 2.05) is 0 Å². The van der Waals surface area contributed by atoms with Crippen LogP contribution in [0.2, 0.25) is 0 Å². The molecule has 1 atom stereocenters. The average molecular weight is 1070 g/mol. The molecule has 0 saturated heterocycles. The van der Waals surface area contributed by atoms with Crippen LogP contribution in [0.4, 0.5) is 0 Å². The molecule has 76 heavy (non-hydrogen) atoms. The molecule has 0 aromatic carbocycles. The van der Waals surface area contributed by atoms with Gasteiger partial charge < -0.3 is 14.2 Å². The molecular formula is C70H132O6. The standard InChI is InChI=1S/C70H132O6/c1-4-7-10-13-16-19-22-25-28-30-31-32-33-34-35-36-37-38-39-41-42-45-48-51-54-57-60-63-69(72)75-66-67(65-74-68(71)62-59-56-53-50-47-44-27-24-21-18-15-12-9-6-3)76-70(73)64-61-58-55-52-49-46-43-40-29-26-23-20-17-14-11-8-5-2/h24,26-27,29,67H,4-23,25,28,30-66H2,1-3H3/b27-24-,29-26-. The first-order valence-electron chi connectivity index (χ1n) is 34.3. The van der Waals surface area contributed by atoms with Gasteiger partial charge in [-0.3, -0.25) is 14.4 Å². The topological polar surface area (TPSA) is 78.9 Å². The zero-order valence-corrected chi connectivity index (χ0v) is 51.6. The molecule has 0 aliphatic rings. The van der Waals surface area contributed by atoms with E-state index in [4.69, 9.17) is 14.2 Å². The van der Waals surface area contributed by atoms with Crippen molar-refractivity contribution in [1.29, 1.82) is 0 Å². The van der Waals surface area contributed by atoms with Gasteiger partial charge in [0.15, 0.2) is 6.10 Å². The van der Waals surface area contributed by atoms with Gasteiger partial charge in [0, 0.05) is 19.3 Å². The molecule has 0 amide bonds. The van der Waals surface area contributed by atoms with E-state index >= 15 is 0 Å². The van der Waals surface area contributed by atoms with E-state index in [9.17, 15) is 14.4 Å². The Hall–Kier alpha value is -2.11. The highest BCUT2D eigenvalue weighted by Gasteiger charge is 2.19. The summed E-state index contributed by atoms with van der Waals surface area (Å²) in [6.45, 7) is 6.69. The van der Waals surface area contributed by atoms with Crippen LogP contribution in [0.25, 0.3) is 0 Å². The average Bonchev–Trinajstić information content (AvgIpc) is 3.42. The fourth-order valence-electron chi connectivity index (χ4n) is 10.5. The maximum Gasteiger partial charge on any atom is 0.306 e. The monoisotopic (exact) mass is 1070 g/mol. The molecule has 0 N–H and O–H groups in total. The SMILES string of the molecule is CCCCCCC/C=C\CCCCCCCC(=O)OCC(COC(=O)CCCCCCCCCCCCCCCCCCCCCCCCCCCCC)OC(=O)CCCCCCCCC/C=C\CCCCCCCC. The summed E-state index contributed by atoms with van der Waals surface area (Å²) in [5.41, 5.74) is 0. The van der Waals surface area contributed by atoms with Crippen LogP contribution in [0.15, 0.2) is 24.3 Å². The maximum absolute atomic E-state index is 12.9. The molecular weight excluding hydrogens is 937 g/mol. The molecule has 0 aliphatic heterocycles. The Bertz CT molecular complexity index is 1230. The number of carbonyl (C=O) groups is 3. The second-order valence-corrected chi connectivity index (χ2v) is 23.4. The van der Waals surface area contributed by atoms with Gasteiger partial charge in [-0.25, -0.2) is 0 Å². The Labute approximate surface area is 474 Å². The third kappa shape index (κ3) is 62.7. The van der Waals surface area contributed by atoms with Crippen molar-refractivity contribution in [3.63, 3.8) is 0 Å². The van der Waals surface area contributed by atoms with Crippen LogP contribution in [0.3, 0.4) is 0 Å². The lowest BCUT2D eigenvalue weighted by atomic mass is 10.0. The molecule has 0 aromatic heterocycles. The first kappa shape index (κ1) is 73.9. The van der Waals surface area contributed by atoms with Crippen LogP contribution in [-0.4, -0.2) is 37.2 Å². The summed E-state index contributed by atoms with van der Waals surface area (Å²) >= 11 is 0. The molecule has 0 bridgehead atoms. The number of hydrogen-bond donors (Lipinski definition) is 0. The largest absolute Gasteiger partial charge is 0.462 e. The molecule has 1 unspecified atom stereocenters. The zero-order valence-electron chi connectivity index (χ0n) is 51.6. The first-order chi connectivity index (χ1) is 37.5. The van der Waals surface area contributed by atoms with Crippen molar-refractivity contribution in [2.75, 3.05) is 13.2 Å². The summed E-state index contributed by atoms with van der Waals surface area (Å²) in [6, 6.07) is 0. The van der Waals surface area contributed by atoms with E-state index in [1.54, 1.807) is 0 Å². The Kier molecular flexibility index (Phi) is 63.6. The molecule has 0 rings (SSSR count). The number of ether oxygens (including phenoxy) is 3. The lowest BCUT2D eigenvalue weighted by Gasteiger charge is -2.18. The normalized spacial score (nSPS) is 12.1. The van der Waals surface area contributed by atoms with Crippen molar-refractivity contribution >= 4 is 17.9 Å². The van der Waals surface area contributed by atoms with E-state index in [0.717, 1.165) is 64.2 Å². The predicted molar refractivity (Wildman–Crippen MR) is 330 cm³/mol. The lowest BCUT2D eigenvalue weighted by Crippen LogP contribution is -2.30. The molecule has 6 nitrogen and oxygen atoms in total. The first-order valence-corrected chi connectivity index (χ1v) is 34.3. The van der Waals surface area contributed by atoms with Gasteiger partial charge >= 0.3 is 17.9 Å². The van der Waals surface area contributed by atoms with Gasteiger partial charge in [-0.2, -0.15) is 0 Å². The molecule has 0 aromatic rings. The van der Waals surface area contributed by atoms with Crippen LogP contribution in [0.1, 0.15) is 387 Å². The second-order valence-electron chi connectivity index (χ2n) is 23.4. The predicted octanol–water partition coefficient (Wildman–Crippen LogP) is 23.4. The van der Waals surface area contributed by atoms with Gasteiger partial charge in [0.25, 0.3) is 0 Å². The van der Waals surface area contributed by atoms with Gasteiger partial charge in [-0.1, -0.05) is 321 Å². The maximum atomic E-state index is 12.9. The number of carbonyl (C=O) groups excluding carboxylic acids is 3. The minimum absolute atomic E-state index is 0.0705. The highest BCUT2D eigenvalue weighted by Crippen LogP contribution is 2.18. The minimum atomic E-state index is -0.775. The summed E-state index contributed by atoms with van der Waals surface area (Å²) in [7, 11) is 0. The molecule has 0 heterocycles. The summed E-state index contributed by atoms with van der Waals surface area (Å²) in [6.07, 6.45) is 79.2. The molecule has 0 radical (unpaired) electrons. The molecule has 0 aliphatic carbocycles. The van der Waals surface area contributed by atoms with Gasteiger partial charge in [-0.05, 0) is 70.6 Å². The van der Waals surface area contributed by atoms with Crippen molar-refractivity contribution in [1.82, 2.24) is 0 Å². The highest BCUT2D eigenvalue weighted by molar-refractivity contribution is 5.71. The van der Waals surface area contributed by atoms with E-state index < -0.39 is 6.10 Å². The summed E-state index contributed by atoms with van der Waals surface area (Å²) in [4.78, 5) is 38.3. The van der Waals surface area contributed by atoms with Crippen molar-refractivity contribution in [2.24, 2.45) is 0 Å². The molecule has 0 fully saturated rings. The van der Waals surface area contributed by atoms with Gasteiger partial charge in [0.2, 0.25) is 0 Å². The Morgan fingerprint density at radius 3 is 0.658 bits per heavy atom. The van der Waals surface area contributed by atoms with Crippen LogP contribution in [0, 0.1) is 0 Å². The second kappa shape index (κ2) is 65.4. The molecule has 0 saturated carbocycles. The fourth-order valence-corrected chi connectivity index (χ4v) is 10.5. The summed E-state index contributed by atoms with van der Waals surface area (Å²) in [5, 5.41) is 0. The molecule has 0 spiro atoms. The third-order valence-electron chi connectivity index (χ3n) is 15.7. The Balaban J connectivity index is 4.20. The number of hydrogen-bond acceptors (Lipinski definition) is 6.